The van der Waals surface area contributed by atoms with E-state index in [1.54, 1.807) is 25.2 Å². The van der Waals surface area contributed by atoms with Gasteiger partial charge in [-0.1, -0.05) is 6.07 Å². The van der Waals surface area contributed by atoms with E-state index in [0.29, 0.717) is 5.56 Å². The molecule has 0 aliphatic carbocycles. The molecule has 1 atom stereocenters. The van der Waals surface area contributed by atoms with Gasteiger partial charge in [0.15, 0.2) is 0 Å². The lowest BCUT2D eigenvalue weighted by molar-refractivity contribution is -0.130. The van der Waals surface area contributed by atoms with Gasteiger partial charge in [0, 0.05) is 31.4 Å². The molecule has 108 valence electrons. The van der Waals surface area contributed by atoms with Crippen LogP contribution >= 0.6 is 0 Å². The van der Waals surface area contributed by atoms with Crippen LogP contribution < -0.4 is 10.6 Å². The summed E-state index contributed by atoms with van der Waals surface area (Å²) in [5.41, 5.74) is 1.37. The Kier molecular flexibility index (Phi) is 4.61. The number of hydrogen-bond acceptors (Lipinski definition) is 3. The van der Waals surface area contributed by atoms with E-state index in [9.17, 15) is 9.59 Å². The van der Waals surface area contributed by atoms with Gasteiger partial charge in [-0.2, -0.15) is 0 Å². The molecule has 1 aliphatic rings. The summed E-state index contributed by atoms with van der Waals surface area (Å²) >= 11 is 0. The van der Waals surface area contributed by atoms with Crippen molar-refractivity contribution < 1.29 is 9.59 Å². The molecule has 0 spiro atoms. The van der Waals surface area contributed by atoms with Gasteiger partial charge in [-0.3, -0.25) is 9.59 Å². The summed E-state index contributed by atoms with van der Waals surface area (Å²) in [7, 11) is 1.60. The largest absolute Gasteiger partial charge is 0.374 e. The lowest BCUT2D eigenvalue weighted by Gasteiger charge is -2.22. The Hall–Kier alpha value is -2.04. The minimum absolute atomic E-state index is 0.118. The second-order valence-electron chi connectivity index (χ2n) is 5.06. The molecule has 2 N–H and O–H groups in total. The van der Waals surface area contributed by atoms with Crippen LogP contribution in [0.1, 0.15) is 30.1 Å². The molecule has 1 aliphatic heterocycles. The zero-order valence-corrected chi connectivity index (χ0v) is 12.0. The van der Waals surface area contributed by atoms with Crippen LogP contribution in [0.5, 0.6) is 0 Å². The van der Waals surface area contributed by atoms with Crippen molar-refractivity contribution in [3.8, 4) is 0 Å². The van der Waals surface area contributed by atoms with Gasteiger partial charge in [0.2, 0.25) is 5.91 Å². The van der Waals surface area contributed by atoms with E-state index < -0.39 is 0 Å². The Balaban J connectivity index is 2.01. The molecule has 1 aromatic carbocycles. The fourth-order valence-corrected chi connectivity index (χ4v) is 2.42. The van der Waals surface area contributed by atoms with Gasteiger partial charge in [-0.15, -0.1) is 0 Å². The molecule has 1 aromatic rings. The summed E-state index contributed by atoms with van der Waals surface area (Å²) in [4.78, 5) is 25.7. The summed E-state index contributed by atoms with van der Waals surface area (Å²) < 4.78 is 0. The highest BCUT2D eigenvalue weighted by Gasteiger charge is 2.23. The minimum Gasteiger partial charge on any atom is -0.374 e. The van der Waals surface area contributed by atoms with Gasteiger partial charge in [0.1, 0.15) is 6.04 Å². The molecule has 2 rings (SSSR count). The molecule has 0 unspecified atom stereocenters. The number of benzene rings is 1. The minimum atomic E-state index is -0.284. The Morgan fingerprint density at radius 2 is 1.95 bits per heavy atom. The Bertz CT molecular complexity index is 496. The van der Waals surface area contributed by atoms with E-state index in [4.69, 9.17) is 0 Å². The Morgan fingerprint density at radius 1 is 1.25 bits per heavy atom. The summed E-state index contributed by atoms with van der Waals surface area (Å²) in [5.74, 6) is -0.0139. The van der Waals surface area contributed by atoms with Gasteiger partial charge in [0.05, 0.1) is 0 Å². The highest BCUT2D eigenvalue weighted by atomic mass is 16.2. The maximum absolute atomic E-state index is 12.2. The van der Waals surface area contributed by atoms with Crippen molar-refractivity contribution in [2.45, 2.75) is 25.8 Å². The number of amides is 2. The van der Waals surface area contributed by atoms with Crippen molar-refractivity contribution in [1.82, 2.24) is 10.2 Å². The zero-order valence-electron chi connectivity index (χ0n) is 12.0. The number of hydrogen-bond donors (Lipinski definition) is 2. The Labute approximate surface area is 119 Å². The van der Waals surface area contributed by atoms with Gasteiger partial charge in [0.25, 0.3) is 5.91 Å². The zero-order chi connectivity index (χ0) is 14.5. The van der Waals surface area contributed by atoms with Crippen molar-refractivity contribution in [3.63, 3.8) is 0 Å². The van der Waals surface area contributed by atoms with Crippen LogP contribution in [0.3, 0.4) is 0 Å². The third-order valence-corrected chi connectivity index (χ3v) is 3.52. The monoisotopic (exact) mass is 275 g/mol. The van der Waals surface area contributed by atoms with E-state index in [2.05, 4.69) is 10.6 Å². The first-order chi connectivity index (χ1) is 9.61. The smallest absolute Gasteiger partial charge is 0.251 e. The molecular weight excluding hydrogens is 254 g/mol. The topological polar surface area (TPSA) is 61.4 Å². The summed E-state index contributed by atoms with van der Waals surface area (Å²) in [6.45, 7) is 3.56. The standard InChI is InChI=1S/C15H21N3O2/c1-11(15(20)18-8-3-4-9-18)17-13-7-5-6-12(10-13)14(19)16-2/h5-7,10-11,17H,3-4,8-9H2,1-2H3,(H,16,19)/t11-/m0/s1. The second-order valence-corrected chi connectivity index (χ2v) is 5.06. The van der Waals surface area contributed by atoms with Crippen molar-refractivity contribution in [1.29, 1.82) is 0 Å². The highest BCUT2D eigenvalue weighted by Crippen LogP contribution is 2.14. The number of nitrogens with one attached hydrogen (secondary N) is 2. The normalized spacial score (nSPS) is 15.8. The first kappa shape index (κ1) is 14.4. The van der Waals surface area contributed by atoms with Crippen LogP contribution in [0.2, 0.25) is 0 Å². The van der Waals surface area contributed by atoms with E-state index in [0.717, 1.165) is 31.6 Å². The maximum atomic E-state index is 12.2. The third kappa shape index (κ3) is 3.29. The van der Waals surface area contributed by atoms with Crippen LogP contribution in [0.25, 0.3) is 0 Å². The molecule has 1 saturated heterocycles. The lowest BCUT2D eigenvalue weighted by atomic mass is 10.1. The second kappa shape index (κ2) is 6.41. The van der Waals surface area contributed by atoms with Crippen molar-refractivity contribution >= 4 is 17.5 Å². The van der Waals surface area contributed by atoms with Gasteiger partial charge < -0.3 is 15.5 Å². The number of likely N-dealkylation sites (tertiary alicyclic amines) is 1. The number of rotatable bonds is 4. The van der Waals surface area contributed by atoms with Crippen molar-refractivity contribution in [3.05, 3.63) is 29.8 Å². The van der Waals surface area contributed by atoms with Gasteiger partial charge in [-0.05, 0) is 38.0 Å². The fraction of sp³-hybridized carbons (Fsp3) is 0.467. The number of carbonyl (C=O) groups is 2. The molecule has 1 fully saturated rings. The van der Waals surface area contributed by atoms with Crippen LogP contribution in [-0.4, -0.2) is 42.9 Å². The summed E-state index contributed by atoms with van der Waals surface area (Å²) in [6, 6.07) is 6.89. The predicted octanol–water partition coefficient (Wildman–Crippen LogP) is 1.47. The van der Waals surface area contributed by atoms with Crippen molar-refractivity contribution in [2.75, 3.05) is 25.5 Å². The number of nitrogens with zero attached hydrogens (tertiary/aromatic N) is 1. The van der Waals surface area contributed by atoms with Crippen LogP contribution in [0.15, 0.2) is 24.3 Å². The first-order valence-electron chi connectivity index (χ1n) is 6.99. The molecule has 0 saturated carbocycles. The molecule has 20 heavy (non-hydrogen) atoms. The van der Waals surface area contributed by atoms with Gasteiger partial charge in [-0.25, -0.2) is 0 Å². The molecule has 5 nitrogen and oxygen atoms in total. The predicted molar refractivity (Wildman–Crippen MR) is 78.7 cm³/mol. The molecule has 0 aromatic heterocycles. The molecule has 0 bridgehead atoms. The molecule has 2 amide bonds. The van der Waals surface area contributed by atoms with Crippen LogP contribution in [0, 0.1) is 0 Å². The molecular formula is C15H21N3O2. The number of anilines is 1. The first-order valence-corrected chi connectivity index (χ1v) is 6.99. The lowest BCUT2D eigenvalue weighted by Crippen LogP contribution is -2.39. The highest BCUT2D eigenvalue weighted by molar-refractivity contribution is 5.95. The summed E-state index contributed by atoms with van der Waals surface area (Å²) in [6.07, 6.45) is 2.18. The fourth-order valence-electron chi connectivity index (χ4n) is 2.42. The average Bonchev–Trinajstić information content (AvgIpc) is 3.00. The van der Waals surface area contributed by atoms with E-state index in [1.807, 2.05) is 17.9 Å². The van der Waals surface area contributed by atoms with Crippen LogP contribution in [0.4, 0.5) is 5.69 Å². The summed E-state index contributed by atoms with van der Waals surface area (Å²) in [5, 5.41) is 5.75. The molecule has 1 heterocycles. The van der Waals surface area contributed by atoms with E-state index in [1.165, 1.54) is 0 Å². The van der Waals surface area contributed by atoms with Crippen molar-refractivity contribution in [2.24, 2.45) is 0 Å². The average molecular weight is 275 g/mol. The van der Waals surface area contributed by atoms with Gasteiger partial charge >= 0.3 is 0 Å². The maximum Gasteiger partial charge on any atom is 0.251 e. The van der Waals surface area contributed by atoms with Crippen LogP contribution in [-0.2, 0) is 4.79 Å². The molecule has 0 radical (unpaired) electrons. The SMILES string of the molecule is CNC(=O)c1cccc(N[C@@H](C)C(=O)N2CCCC2)c1. The molecule has 5 heteroatoms. The number of carbonyl (C=O) groups excluding carboxylic acids is 2. The van der Waals surface area contributed by atoms with E-state index >= 15 is 0 Å². The van der Waals surface area contributed by atoms with E-state index in [-0.39, 0.29) is 17.9 Å². The quantitative estimate of drug-likeness (QED) is 0.874. The third-order valence-electron chi connectivity index (χ3n) is 3.52. The Morgan fingerprint density at radius 3 is 2.60 bits per heavy atom.